The number of anilines is 2. The van der Waals surface area contributed by atoms with E-state index in [2.05, 4.69) is 39.1 Å². The predicted molar refractivity (Wildman–Crippen MR) is 104 cm³/mol. The van der Waals surface area contributed by atoms with Gasteiger partial charge in [0.05, 0.1) is 11.0 Å². The number of aryl methyl sites for hydroxylation is 1. The number of hydrogen-bond acceptors (Lipinski definition) is 5. The van der Waals surface area contributed by atoms with E-state index in [1.165, 1.54) is 17.7 Å². The second-order valence-electron chi connectivity index (χ2n) is 6.90. The normalized spacial score (nSPS) is 15.0. The molecule has 0 radical (unpaired) electrons. The van der Waals surface area contributed by atoms with E-state index in [0.717, 1.165) is 54.4 Å². The Kier molecular flexibility index (Phi) is 3.67. The lowest BCUT2D eigenvalue weighted by Gasteiger charge is -2.36. The molecule has 7 heteroatoms. The maximum atomic E-state index is 13.2. The molecule has 6 nitrogen and oxygen atoms in total. The fraction of sp³-hybridized carbons (Fsp3) is 0.250. The van der Waals surface area contributed by atoms with Gasteiger partial charge in [0.1, 0.15) is 12.1 Å². The molecule has 1 fully saturated rings. The molecule has 136 valence electrons. The van der Waals surface area contributed by atoms with Crippen LogP contribution < -0.4 is 9.80 Å². The summed E-state index contributed by atoms with van der Waals surface area (Å²) in [5.74, 6) is 0.657. The van der Waals surface area contributed by atoms with E-state index >= 15 is 0 Å². The Hall–Kier alpha value is -3.22. The Bertz CT molecular complexity index is 1110. The molecule has 0 bridgehead atoms. The van der Waals surface area contributed by atoms with Gasteiger partial charge in [-0.15, -0.1) is 10.2 Å². The lowest BCUT2D eigenvalue weighted by molar-refractivity contribution is 0.624. The molecule has 0 amide bonds. The summed E-state index contributed by atoms with van der Waals surface area (Å²) in [6.45, 7) is 5.41. The van der Waals surface area contributed by atoms with Crippen molar-refractivity contribution in [3.8, 4) is 0 Å². The zero-order valence-electron chi connectivity index (χ0n) is 15.0. The molecule has 0 N–H and O–H groups in total. The van der Waals surface area contributed by atoms with Crippen LogP contribution in [0.4, 0.5) is 15.9 Å². The highest BCUT2D eigenvalue weighted by atomic mass is 19.1. The van der Waals surface area contributed by atoms with Crippen LogP contribution in [-0.2, 0) is 0 Å². The first-order chi connectivity index (χ1) is 13.2. The fourth-order valence-corrected chi connectivity index (χ4v) is 3.69. The summed E-state index contributed by atoms with van der Waals surface area (Å²) < 4.78 is 15.2. The van der Waals surface area contributed by atoms with Crippen molar-refractivity contribution in [2.45, 2.75) is 6.92 Å². The first kappa shape index (κ1) is 16.0. The molecule has 0 spiro atoms. The standard InChI is InChI=1S/C20H19FN6/c1-14-2-7-17-18(12-14)27-13-22-24-20(27)19(23-17)26-10-8-25(9-11-26)16-5-3-15(21)4-6-16/h2-7,12-13H,8-11H2,1H3. The summed E-state index contributed by atoms with van der Waals surface area (Å²) in [4.78, 5) is 9.40. The lowest BCUT2D eigenvalue weighted by atomic mass is 10.2. The minimum absolute atomic E-state index is 0.206. The van der Waals surface area contributed by atoms with Gasteiger partial charge >= 0.3 is 0 Å². The van der Waals surface area contributed by atoms with Crippen molar-refractivity contribution in [1.29, 1.82) is 0 Å². The van der Waals surface area contributed by atoms with Crippen molar-refractivity contribution < 1.29 is 4.39 Å². The molecule has 0 aliphatic carbocycles. The number of benzene rings is 2. The maximum absolute atomic E-state index is 13.2. The van der Waals surface area contributed by atoms with E-state index in [9.17, 15) is 4.39 Å². The second kappa shape index (κ2) is 6.19. The molecule has 1 saturated heterocycles. The number of nitrogens with zero attached hydrogens (tertiary/aromatic N) is 6. The number of halogens is 1. The molecule has 2 aromatic carbocycles. The summed E-state index contributed by atoms with van der Waals surface area (Å²) in [6, 6.07) is 12.9. The lowest BCUT2D eigenvalue weighted by Crippen LogP contribution is -2.47. The fourth-order valence-electron chi connectivity index (χ4n) is 3.69. The molecular formula is C20H19FN6. The number of rotatable bonds is 2. The van der Waals surface area contributed by atoms with Gasteiger partial charge in [-0.1, -0.05) is 6.07 Å². The third kappa shape index (κ3) is 2.75. The summed E-state index contributed by atoms with van der Waals surface area (Å²) in [5.41, 5.74) is 4.96. The summed E-state index contributed by atoms with van der Waals surface area (Å²) in [7, 11) is 0. The summed E-state index contributed by atoms with van der Waals surface area (Å²) >= 11 is 0. The van der Waals surface area contributed by atoms with Gasteiger partial charge in [-0.25, -0.2) is 9.37 Å². The third-order valence-corrected chi connectivity index (χ3v) is 5.14. The van der Waals surface area contributed by atoms with E-state index in [-0.39, 0.29) is 5.82 Å². The predicted octanol–water partition coefficient (Wildman–Crippen LogP) is 3.05. The highest BCUT2D eigenvalue weighted by molar-refractivity contribution is 5.83. The second-order valence-corrected chi connectivity index (χ2v) is 6.90. The molecule has 2 aromatic heterocycles. The number of fused-ring (bicyclic) bond motifs is 3. The van der Waals surface area contributed by atoms with Gasteiger partial charge in [0.25, 0.3) is 0 Å². The van der Waals surface area contributed by atoms with Crippen molar-refractivity contribution in [3.63, 3.8) is 0 Å². The van der Waals surface area contributed by atoms with Crippen LogP contribution in [0.5, 0.6) is 0 Å². The van der Waals surface area contributed by atoms with Crippen LogP contribution in [0.25, 0.3) is 16.7 Å². The van der Waals surface area contributed by atoms with Crippen LogP contribution in [0.3, 0.4) is 0 Å². The maximum Gasteiger partial charge on any atom is 0.204 e. The minimum atomic E-state index is -0.206. The largest absolute Gasteiger partial charge is 0.368 e. The van der Waals surface area contributed by atoms with Crippen LogP contribution in [0.15, 0.2) is 48.8 Å². The van der Waals surface area contributed by atoms with Crippen molar-refractivity contribution in [2.24, 2.45) is 0 Å². The molecule has 5 rings (SSSR count). The molecule has 1 aliphatic heterocycles. The quantitative estimate of drug-likeness (QED) is 0.549. The monoisotopic (exact) mass is 362 g/mol. The van der Waals surface area contributed by atoms with Gasteiger partial charge in [0, 0.05) is 31.9 Å². The van der Waals surface area contributed by atoms with Crippen LogP contribution in [0.2, 0.25) is 0 Å². The molecule has 4 aromatic rings. The zero-order valence-corrected chi connectivity index (χ0v) is 15.0. The molecule has 0 unspecified atom stereocenters. The van der Waals surface area contributed by atoms with E-state index < -0.39 is 0 Å². The molecule has 3 heterocycles. The zero-order chi connectivity index (χ0) is 18.4. The molecule has 0 saturated carbocycles. The van der Waals surface area contributed by atoms with E-state index in [1.807, 2.05) is 22.6 Å². The number of piperazine rings is 1. The van der Waals surface area contributed by atoms with Crippen LogP contribution in [0.1, 0.15) is 5.56 Å². The van der Waals surface area contributed by atoms with Crippen LogP contribution >= 0.6 is 0 Å². The average Bonchev–Trinajstić information content (AvgIpc) is 3.19. The van der Waals surface area contributed by atoms with Crippen LogP contribution in [0, 0.1) is 12.7 Å². The Labute approximate surface area is 155 Å². The van der Waals surface area contributed by atoms with Crippen molar-refractivity contribution >= 4 is 28.2 Å². The smallest absolute Gasteiger partial charge is 0.204 e. The van der Waals surface area contributed by atoms with Gasteiger partial charge in [0.15, 0.2) is 5.82 Å². The summed E-state index contributed by atoms with van der Waals surface area (Å²) in [5, 5.41) is 8.42. The molecule has 1 aliphatic rings. The van der Waals surface area contributed by atoms with E-state index in [0.29, 0.717) is 0 Å². The van der Waals surface area contributed by atoms with Gasteiger partial charge in [-0.3, -0.25) is 4.40 Å². The topological polar surface area (TPSA) is 49.6 Å². The Balaban J connectivity index is 1.46. The first-order valence-electron chi connectivity index (χ1n) is 9.04. The van der Waals surface area contributed by atoms with Gasteiger partial charge in [-0.05, 0) is 48.9 Å². The number of hydrogen-bond donors (Lipinski definition) is 0. The Morgan fingerprint density at radius 2 is 1.67 bits per heavy atom. The third-order valence-electron chi connectivity index (χ3n) is 5.14. The van der Waals surface area contributed by atoms with Crippen molar-refractivity contribution in [3.05, 3.63) is 60.2 Å². The van der Waals surface area contributed by atoms with Gasteiger partial charge in [0.2, 0.25) is 5.65 Å². The van der Waals surface area contributed by atoms with Gasteiger partial charge < -0.3 is 9.80 Å². The van der Waals surface area contributed by atoms with Crippen LogP contribution in [-0.4, -0.2) is 45.8 Å². The Morgan fingerprint density at radius 1 is 0.926 bits per heavy atom. The average molecular weight is 362 g/mol. The highest BCUT2D eigenvalue weighted by Gasteiger charge is 2.22. The summed E-state index contributed by atoms with van der Waals surface area (Å²) in [6.07, 6.45) is 1.75. The Morgan fingerprint density at radius 3 is 2.44 bits per heavy atom. The molecule has 27 heavy (non-hydrogen) atoms. The van der Waals surface area contributed by atoms with Crippen molar-refractivity contribution in [1.82, 2.24) is 19.6 Å². The van der Waals surface area contributed by atoms with Crippen molar-refractivity contribution in [2.75, 3.05) is 36.0 Å². The highest BCUT2D eigenvalue weighted by Crippen LogP contribution is 2.26. The van der Waals surface area contributed by atoms with Gasteiger partial charge in [-0.2, -0.15) is 0 Å². The van der Waals surface area contributed by atoms with E-state index in [4.69, 9.17) is 4.98 Å². The SMILES string of the molecule is Cc1ccc2nc(N3CCN(c4ccc(F)cc4)CC3)c3nncn3c2c1. The number of aromatic nitrogens is 4. The molecular weight excluding hydrogens is 343 g/mol. The minimum Gasteiger partial charge on any atom is -0.368 e. The van der Waals surface area contributed by atoms with E-state index in [1.54, 1.807) is 6.33 Å². The molecule has 0 atom stereocenters. The first-order valence-corrected chi connectivity index (χ1v) is 9.04.